The molecule has 3 aliphatic heterocycles. The van der Waals surface area contributed by atoms with Crippen LogP contribution in [0, 0.1) is 25.2 Å². The van der Waals surface area contributed by atoms with Crippen molar-refractivity contribution in [2.24, 2.45) is 11.3 Å². The minimum atomic E-state index is -0.582. The number of aromatic amines is 1. The number of rotatable bonds is 9. The van der Waals surface area contributed by atoms with Crippen molar-refractivity contribution in [3.8, 4) is 11.3 Å². The van der Waals surface area contributed by atoms with E-state index in [1.54, 1.807) is 0 Å². The van der Waals surface area contributed by atoms with Crippen LogP contribution in [0.3, 0.4) is 0 Å². The number of amides is 1. The summed E-state index contributed by atoms with van der Waals surface area (Å²) in [6.45, 7) is 12.2. The highest BCUT2D eigenvalue weighted by Gasteiger charge is 2.45. The van der Waals surface area contributed by atoms with Crippen LogP contribution in [0.5, 0.6) is 0 Å². The van der Waals surface area contributed by atoms with Crippen molar-refractivity contribution in [2.45, 2.75) is 78.8 Å². The summed E-state index contributed by atoms with van der Waals surface area (Å²) < 4.78 is 0. The third-order valence-electron chi connectivity index (χ3n) is 9.87. The second-order valence-corrected chi connectivity index (χ2v) is 13.5. The minimum Gasteiger partial charge on any atom is -0.371 e. The molecule has 5 heterocycles. The SMILES string of the molecule is Cc1cc(C)cc(-c2[nH]c3c(c2CCNCCc2ccncc2)C=C(C(C)(C)C(=O)N2CC4CCC2CC4)N(C)C3)c1. The van der Waals surface area contributed by atoms with Crippen LogP contribution in [-0.4, -0.2) is 58.4 Å². The van der Waals surface area contributed by atoms with Gasteiger partial charge in [-0.2, -0.15) is 0 Å². The number of benzene rings is 1. The van der Waals surface area contributed by atoms with Crippen LogP contribution in [0.2, 0.25) is 0 Å². The molecule has 42 heavy (non-hydrogen) atoms. The lowest BCUT2D eigenvalue weighted by Gasteiger charge is -2.49. The first kappa shape index (κ1) is 28.7. The number of H-pyrrole nitrogens is 1. The zero-order chi connectivity index (χ0) is 29.4. The highest BCUT2D eigenvalue weighted by Crippen LogP contribution is 2.43. The summed E-state index contributed by atoms with van der Waals surface area (Å²) in [5.41, 5.74) is 10.7. The second kappa shape index (κ2) is 11.7. The Labute approximate surface area is 251 Å². The van der Waals surface area contributed by atoms with E-state index in [1.165, 1.54) is 70.5 Å². The van der Waals surface area contributed by atoms with Gasteiger partial charge in [0, 0.05) is 54.7 Å². The average molecular weight is 566 g/mol. The van der Waals surface area contributed by atoms with Gasteiger partial charge >= 0.3 is 0 Å². The van der Waals surface area contributed by atoms with Crippen molar-refractivity contribution in [3.05, 3.63) is 81.9 Å². The molecule has 2 N–H and O–H groups in total. The number of piperidine rings is 2. The fourth-order valence-corrected chi connectivity index (χ4v) is 7.67. The van der Waals surface area contributed by atoms with E-state index >= 15 is 0 Å². The van der Waals surface area contributed by atoms with E-state index in [0.717, 1.165) is 44.7 Å². The van der Waals surface area contributed by atoms with Crippen molar-refractivity contribution in [3.63, 3.8) is 0 Å². The Kier molecular flexibility index (Phi) is 8.01. The quantitative estimate of drug-likeness (QED) is 0.300. The maximum atomic E-state index is 14.2. The molecule has 0 unspecified atom stereocenters. The van der Waals surface area contributed by atoms with Crippen LogP contribution in [0.1, 0.15) is 73.0 Å². The lowest BCUT2D eigenvalue weighted by atomic mass is 9.77. The first-order chi connectivity index (χ1) is 20.2. The van der Waals surface area contributed by atoms with Gasteiger partial charge in [-0.25, -0.2) is 0 Å². The van der Waals surface area contributed by atoms with Crippen molar-refractivity contribution in [1.82, 2.24) is 25.1 Å². The Bertz CT molecular complexity index is 1440. The second-order valence-electron chi connectivity index (χ2n) is 13.5. The molecule has 2 aromatic heterocycles. The fraction of sp³-hybridized carbons (Fsp3) is 0.500. The van der Waals surface area contributed by atoms with Gasteiger partial charge in [-0.05, 0) is 132 Å². The van der Waals surface area contributed by atoms with E-state index in [1.807, 2.05) is 12.4 Å². The number of carbonyl (C=O) groups excluding carboxylic acids is 1. The van der Waals surface area contributed by atoms with Crippen LogP contribution < -0.4 is 5.32 Å². The Balaban J connectivity index is 1.30. The zero-order valence-corrected chi connectivity index (χ0v) is 26.1. The van der Waals surface area contributed by atoms with Gasteiger partial charge in [-0.3, -0.25) is 9.78 Å². The van der Waals surface area contributed by atoms with E-state index < -0.39 is 5.41 Å². The predicted molar refractivity (Wildman–Crippen MR) is 171 cm³/mol. The van der Waals surface area contributed by atoms with Gasteiger partial charge in [0.15, 0.2) is 0 Å². The molecule has 0 radical (unpaired) electrons. The maximum Gasteiger partial charge on any atom is 0.234 e. The molecule has 3 aromatic rings. The third-order valence-corrected chi connectivity index (χ3v) is 9.87. The summed E-state index contributed by atoms with van der Waals surface area (Å²) in [4.78, 5) is 26.6. The number of aromatic nitrogens is 2. The smallest absolute Gasteiger partial charge is 0.234 e. The molecule has 222 valence electrons. The Morgan fingerprint density at radius 3 is 2.38 bits per heavy atom. The van der Waals surface area contributed by atoms with Crippen molar-refractivity contribution in [1.29, 1.82) is 0 Å². The number of aryl methyl sites for hydroxylation is 2. The van der Waals surface area contributed by atoms with Crippen LogP contribution >= 0.6 is 0 Å². The molecule has 0 spiro atoms. The largest absolute Gasteiger partial charge is 0.371 e. The number of hydrogen-bond donors (Lipinski definition) is 2. The molecule has 4 aliphatic rings. The first-order valence-electron chi connectivity index (χ1n) is 15.9. The lowest BCUT2D eigenvalue weighted by Crippen LogP contribution is -2.55. The molecule has 1 aromatic carbocycles. The Hall–Kier alpha value is -3.38. The molecule has 0 atom stereocenters. The van der Waals surface area contributed by atoms with E-state index in [4.69, 9.17) is 0 Å². The molecular formula is C36H47N5O. The van der Waals surface area contributed by atoms with Gasteiger partial charge in [0.2, 0.25) is 5.91 Å². The summed E-state index contributed by atoms with van der Waals surface area (Å²) in [5, 5.41) is 3.68. The molecule has 6 heteroatoms. The molecule has 2 bridgehead atoms. The molecule has 1 saturated carbocycles. The number of carbonyl (C=O) groups is 1. The molecule has 1 aliphatic carbocycles. The standard InChI is InChI=1S/C36H47N5O/c1-24-18-25(2)20-28(19-24)34-30(13-17-38-16-12-26-10-14-37-15-11-26)31-21-33(40(5)23-32(31)39-34)36(3,4)35(42)41-22-27-6-8-29(41)9-7-27/h10-11,14-15,18-21,27,29,38-39H,6-9,12-13,16-17,22-23H2,1-5H3. The highest BCUT2D eigenvalue weighted by molar-refractivity contribution is 5.88. The van der Waals surface area contributed by atoms with Gasteiger partial charge < -0.3 is 20.1 Å². The Morgan fingerprint density at radius 1 is 1.02 bits per heavy atom. The molecular weight excluding hydrogens is 518 g/mol. The van der Waals surface area contributed by atoms with Crippen molar-refractivity contribution in [2.75, 3.05) is 26.7 Å². The molecule has 2 saturated heterocycles. The fourth-order valence-electron chi connectivity index (χ4n) is 7.67. The van der Waals surface area contributed by atoms with E-state index in [-0.39, 0.29) is 0 Å². The average Bonchev–Trinajstić information content (AvgIpc) is 3.33. The van der Waals surface area contributed by atoms with Gasteiger partial charge in [-0.15, -0.1) is 0 Å². The third kappa shape index (κ3) is 5.66. The normalized spacial score (nSPS) is 20.1. The topological polar surface area (TPSA) is 64.3 Å². The van der Waals surface area contributed by atoms with Crippen molar-refractivity contribution < 1.29 is 4.79 Å². The predicted octanol–water partition coefficient (Wildman–Crippen LogP) is 6.28. The number of nitrogens with zero attached hydrogens (tertiary/aromatic N) is 3. The summed E-state index contributed by atoms with van der Waals surface area (Å²) in [7, 11) is 2.14. The lowest BCUT2D eigenvalue weighted by molar-refractivity contribution is -0.147. The van der Waals surface area contributed by atoms with Gasteiger partial charge in [0.1, 0.15) is 0 Å². The van der Waals surface area contributed by atoms with Crippen molar-refractivity contribution >= 4 is 12.0 Å². The Morgan fingerprint density at radius 2 is 1.71 bits per heavy atom. The molecule has 1 amide bonds. The number of hydrogen-bond acceptors (Lipinski definition) is 4. The number of nitrogens with one attached hydrogen (secondary N) is 2. The van der Waals surface area contributed by atoms with Crippen LogP contribution in [0.25, 0.3) is 17.3 Å². The molecule has 7 rings (SSSR count). The summed E-state index contributed by atoms with van der Waals surface area (Å²) in [5.74, 6) is 0.977. The van der Waals surface area contributed by atoms with Gasteiger partial charge in [0.25, 0.3) is 0 Å². The number of fused-ring (bicyclic) bond motifs is 4. The maximum absolute atomic E-state index is 14.2. The van der Waals surface area contributed by atoms with Crippen LogP contribution in [-0.2, 0) is 24.2 Å². The highest BCUT2D eigenvalue weighted by atomic mass is 16.2. The van der Waals surface area contributed by atoms with E-state index in [2.05, 4.69) is 96.2 Å². The van der Waals surface area contributed by atoms with Gasteiger partial charge in [0.05, 0.1) is 12.0 Å². The summed E-state index contributed by atoms with van der Waals surface area (Å²) in [6.07, 6.45) is 12.9. The minimum absolute atomic E-state index is 0.294. The molecule has 3 fully saturated rings. The monoisotopic (exact) mass is 565 g/mol. The number of pyridine rings is 1. The molecule has 6 nitrogen and oxygen atoms in total. The van der Waals surface area contributed by atoms with Crippen LogP contribution in [0.15, 0.2) is 48.4 Å². The van der Waals surface area contributed by atoms with Gasteiger partial charge in [-0.1, -0.05) is 17.2 Å². The zero-order valence-electron chi connectivity index (χ0n) is 26.1. The first-order valence-corrected chi connectivity index (χ1v) is 15.9. The van der Waals surface area contributed by atoms with E-state index in [9.17, 15) is 4.79 Å². The van der Waals surface area contributed by atoms with Crippen LogP contribution in [0.4, 0.5) is 0 Å². The van der Waals surface area contributed by atoms with E-state index in [0.29, 0.717) is 17.9 Å². The summed E-state index contributed by atoms with van der Waals surface area (Å²) in [6, 6.07) is 11.4. The summed E-state index contributed by atoms with van der Waals surface area (Å²) >= 11 is 0.